The van der Waals surface area contributed by atoms with E-state index in [2.05, 4.69) is 21.5 Å². The molecule has 0 fully saturated rings. The van der Waals surface area contributed by atoms with Gasteiger partial charge in [0.1, 0.15) is 0 Å². The van der Waals surface area contributed by atoms with E-state index in [1.165, 1.54) is 23.9 Å². The van der Waals surface area contributed by atoms with E-state index in [1.807, 2.05) is 65.2 Å². The summed E-state index contributed by atoms with van der Waals surface area (Å²) in [5.74, 6) is 1.14. The highest BCUT2D eigenvalue weighted by Gasteiger charge is 2.28. The molecule has 34 heavy (non-hydrogen) atoms. The lowest BCUT2D eigenvalue weighted by Crippen LogP contribution is -2.32. The van der Waals surface area contributed by atoms with Crippen molar-refractivity contribution in [3.63, 3.8) is 0 Å². The highest BCUT2D eigenvalue weighted by molar-refractivity contribution is 7.99. The molecule has 0 aliphatic heterocycles. The van der Waals surface area contributed by atoms with Crippen LogP contribution in [-0.2, 0) is 16.4 Å². The van der Waals surface area contributed by atoms with Crippen LogP contribution in [0.25, 0.3) is 5.69 Å². The fourth-order valence-corrected chi connectivity index (χ4v) is 5.47. The van der Waals surface area contributed by atoms with Gasteiger partial charge in [-0.2, -0.15) is 0 Å². The Labute approximate surface area is 208 Å². The van der Waals surface area contributed by atoms with Gasteiger partial charge in [0.05, 0.1) is 10.9 Å². The van der Waals surface area contributed by atoms with Gasteiger partial charge in [-0.3, -0.25) is 4.57 Å². The Morgan fingerprint density at radius 3 is 2.26 bits per heavy atom. The van der Waals surface area contributed by atoms with Gasteiger partial charge in [-0.25, -0.2) is 13.1 Å². The fourth-order valence-electron chi connectivity index (χ4n) is 3.46. The van der Waals surface area contributed by atoms with E-state index < -0.39 is 16.1 Å². The molecule has 0 aliphatic carbocycles. The van der Waals surface area contributed by atoms with Crippen molar-refractivity contribution >= 4 is 33.4 Å². The normalized spacial score (nSPS) is 12.4. The SMILES string of the molecule is C=CCSc1nnc([C@@H](Cc2ccccc2)NS(=O)(=O)c2ccc(Cl)cc2)n1-c1ccccc1. The molecule has 4 rings (SSSR count). The van der Waals surface area contributed by atoms with E-state index in [-0.39, 0.29) is 4.90 Å². The molecule has 1 atom stereocenters. The summed E-state index contributed by atoms with van der Waals surface area (Å²) in [7, 11) is -3.86. The number of halogens is 1. The van der Waals surface area contributed by atoms with E-state index >= 15 is 0 Å². The van der Waals surface area contributed by atoms with Crippen LogP contribution < -0.4 is 4.72 Å². The summed E-state index contributed by atoms with van der Waals surface area (Å²) in [5.41, 5.74) is 1.81. The fraction of sp³-hybridized carbons (Fsp3) is 0.120. The van der Waals surface area contributed by atoms with Crippen LogP contribution in [0.5, 0.6) is 0 Å². The van der Waals surface area contributed by atoms with Crippen molar-refractivity contribution in [1.29, 1.82) is 0 Å². The Morgan fingerprint density at radius 2 is 1.62 bits per heavy atom. The molecule has 174 valence electrons. The van der Waals surface area contributed by atoms with Crippen LogP contribution in [0.3, 0.4) is 0 Å². The molecule has 3 aromatic carbocycles. The van der Waals surface area contributed by atoms with E-state index in [9.17, 15) is 8.42 Å². The average Bonchev–Trinajstić information content (AvgIpc) is 3.27. The molecular formula is C25H23ClN4O2S2. The van der Waals surface area contributed by atoms with Crippen LogP contribution in [-0.4, -0.2) is 28.9 Å². The van der Waals surface area contributed by atoms with Gasteiger partial charge in [-0.05, 0) is 48.4 Å². The lowest BCUT2D eigenvalue weighted by atomic mass is 10.1. The zero-order valence-electron chi connectivity index (χ0n) is 18.2. The second kappa shape index (κ2) is 11.0. The molecule has 0 saturated heterocycles. The third-order valence-corrected chi connectivity index (χ3v) is 7.68. The van der Waals surface area contributed by atoms with Gasteiger partial charge in [0, 0.05) is 16.5 Å². The first-order valence-electron chi connectivity index (χ1n) is 10.5. The van der Waals surface area contributed by atoms with Gasteiger partial charge < -0.3 is 0 Å². The zero-order chi connectivity index (χ0) is 24.0. The molecule has 1 heterocycles. The van der Waals surface area contributed by atoms with E-state index in [4.69, 9.17) is 11.6 Å². The number of aromatic nitrogens is 3. The lowest BCUT2D eigenvalue weighted by molar-refractivity contribution is 0.537. The van der Waals surface area contributed by atoms with Crippen LogP contribution >= 0.6 is 23.4 Å². The maximum absolute atomic E-state index is 13.3. The molecule has 0 radical (unpaired) electrons. The third kappa shape index (κ3) is 5.77. The smallest absolute Gasteiger partial charge is 0.241 e. The average molecular weight is 511 g/mol. The number of thioether (sulfide) groups is 1. The van der Waals surface area contributed by atoms with Crippen LogP contribution in [0, 0.1) is 0 Å². The Bertz CT molecular complexity index is 1340. The molecule has 6 nitrogen and oxygen atoms in total. The molecule has 0 aliphatic rings. The quantitative estimate of drug-likeness (QED) is 0.226. The number of rotatable bonds is 10. The minimum atomic E-state index is -3.86. The van der Waals surface area contributed by atoms with E-state index in [0.29, 0.717) is 28.2 Å². The molecule has 0 bridgehead atoms. The minimum Gasteiger partial charge on any atom is -0.273 e. The van der Waals surface area contributed by atoms with E-state index in [1.54, 1.807) is 18.2 Å². The first kappa shape index (κ1) is 24.2. The predicted molar refractivity (Wildman–Crippen MR) is 137 cm³/mol. The van der Waals surface area contributed by atoms with Crippen molar-refractivity contribution in [3.8, 4) is 5.69 Å². The molecule has 0 spiro atoms. The molecule has 4 aromatic rings. The number of para-hydroxylation sites is 1. The summed E-state index contributed by atoms with van der Waals surface area (Å²) >= 11 is 7.44. The van der Waals surface area contributed by atoms with Gasteiger partial charge in [-0.15, -0.1) is 16.8 Å². The summed E-state index contributed by atoms with van der Waals surface area (Å²) in [6, 6.07) is 24.7. The number of nitrogens with one attached hydrogen (secondary N) is 1. The third-order valence-electron chi connectivity index (χ3n) is 5.02. The first-order valence-corrected chi connectivity index (χ1v) is 13.4. The molecule has 1 aromatic heterocycles. The number of sulfonamides is 1. The Kier molecular flexibility index (Phi) is 7.84. The topological polar surface area (TPSA) is 76.9 Å². The highest BCUT2D eigenvalue weighted by atomic mass is 35.5. The van der Waals surface area contributed by atoms with Gasteiger partial charge >= 0.3 is 0 Å². The summed E-state index contributed by atoms with van der Waals surface area (Å²) in [5, 5.41) is 9.95. The summed E-state index contributed by atoms with van der Waals surface area (Å²) in [6.45, 7) is 3.78. The van der Waals surface area contributed by atoms with Crippen molar-refractivity contribution in [2.75, 3.05) is 5.75 Å². The minimum absolute atomic E-state index is 0.127. The maximum Gasteiger partial charge on any atom is 0.241 e. The van der Waals surface area contributed by atoms with Crippen LogP contribution in [0.2, 0.25) is 5.02 Å². The van der Waals surface area contributed by atoms with E-state index in [0.717, 1.165) is 11.3 Å². The molecule has 9 heteroatoms. The molecule has 1 N–H and O–H groups in total. The van der Waals surface area contributed by atoms with Crippen molar-refractivity contribution in [1.82, 2.24) is 19.5 Å². The number of hydrogen-bond donors (Lipinski definition) is 1. The van der Waals surface area contributed by atoms with Crippen LogP contribution in [0.1, 0.15) is 17.4 Å². The van der Waals surface area contributed by atoms with Crippen molar-refractivity contribution in [2.45, 2.75) is 22.5 Å². The van der Waals surface area contributed by atoms with Gasteiger partial charge in [0.15, 0.2) is 11.0 Å². The monoisotopic (exact) mass is 510 g/mol. The van der Waals surface area contributed by atoms with Gasteiger partial charge in [0.25, 0.3) is 0 Å². The summed E-state index contributed by atoms with van der Waals surface area (Å²) in [6.07, 6.45) is 2.18. The van der Waals surface area contributed by atoms with Crippen LogP contribution in [0.4, 0.5) is 0 Å². The molecule has 0 saturated carbocycles. The second-order valence-electron chi connectivity index (χ2n) is 7.43. The standard InChI is InChI=1S/C25H23ClN4O2S2/c1-2-17-33-25-28-27-24(30(25)21-11-7-4-8-12-21)23(18-19-9-5-3-6-10-19)29-34(31,32)22-15-13-20(26)14-16-22/h2-16,23,29H,1,17-18H2/t23-/m1/s1. The predicted octanol–water partition coefficient (Wildman–Crippen LogP) is 5.46. The molecular weight excluding hydrogens is 488 g/mol. The largest absolute Gasteiger partial charge is 0.273 e. The van der Waals surface area contributed by atoms with Crippen molar-refractivity contribution in [3.05, 3.63) is 114 Å². The number of hydrogen-bond acceptors (Lipinski definition) is 5. The second-order valence-corrected chi connectivity index (χ2v) is 10.6. The van der Waals surface area contributed by atoms with Crippen LogP contribution in [0.15, 0.2) is 108 Å². The molecule has 0 amide bonds. The van der Waals surface area contributed by atoms with Gasteiger partial charge in [0.2, 0.25) is 10.0 Å². The zero-order valence-corrected chi connectivity index (χ0v) is 20.6. The lowest BCUT2D eigenvalue weighted by Gasteiger charge is -2.20. The maximum atomic E-state index is 13.3. The number of benzene rings is 3. The summed E-state index contributed by atoms with van der Waals surface area (Å²) in [4.78, 5) is 0.127. The van der Waals surface area contributed by atoms with Crippen molar-refractivity contribution < 1.29 is 8.42 Å². The van der Waals surface area contributed by atoms with Gasteiger partial charge in [-0.1, -0.05) is 78.0 Å². The highest BCUT2D eigenvalue weighted by Crippen LogP contribution is 2.28. The van der Waals surface area contributed by atoms with Crippen molar-refractivity contribution in [2.24, 2.45) is 0 Å². The Balaban J connectivity index is 1.79. The number of nitrogens with zero attached hydrogens (tertiary/aromatic N) is 3. The summed E-state index contributed by atoms with van der Waals surface area (Å²) < 4.78 is 31.4. The first-order chi connectivity index (χ1) is 16.5. The Morgan fingerprint density at radius 1 is 0.971 bits per heavy atom. The Hall–Kier alpha value is -2.91. The molecule has 0 unspecified atom stereocenters.